The lowest BCUT2D eigenvalue weighted by molar-refractivity contribution is 0.503. The van der Waals surface area contributed by atoms with Crippen LogP contribution in [-0.2, 0) is 0 Å². The monoisotopic (exact) mass is 193 g/mol. The number of nitrogens with one attached hydrogen (secondary N) is 1. The average molecular weight is 193 g/mol. The van der Waals surface area contributed by atoms with E-state index in [-0.39, 0.29) is 5.41 Å². The first kappa shape index (κ1) is 13.2. The van der Waals surface area contributed by atoms with E-state index in [9.17, 15) is 0 Å². The van der Waals surface area contributed by atoms with Gasteiger partial charge in [0.25, 0.3) is 0 Å². The Morgan fingerprint density at radius 3 is 1.93 bits per heavy atom. The summed E-state index contributed by atoms with van der Waals surface area (Å²) in [7, 11) is 0. The largest absolute Gasteiger partial charge is 0.306 e. The van der Waals surface area contributed by atoms with E-state index in [0.29, 0.717) is 5.71 Å². The van der Waals surface area contributed by atoms with Gasteiger partial charge in [-0.25, -0.2) is 0 Å². The van der Waals surface area contributed by atoms with Gasteiger partial charge < -0.3 is 5.41 Å². The van der Waals surface area contributed by atoms with Crippen molar-refractivity contribution in [1.29, 1.82) is 5.41 Å². The Balaban J connectivity index is 4.85. The van der Waals surface area contributed by atoms with Crippen LogP contribution in [0.1, 0.15) is 48.0 Å². The summed E-state index contributed by atoms with van der Waals surface area (Å²) in [5, 5.41) is 7.42. The van der Waals surface area contributed by atoms with Gasteiger partial charge >= 0.3 is 0 Å². The summed E-state index contributed by atoms with van der Waals surface area (Å²) in [6, 6.07) is 0. The third-order valence-electron chi connectivity index (χ3n) is 2.40. The fourth-order valence-electron chi connectivity index (χ4n) is 1.02. The summed E-state index contributed by atoms with van der Waals surface area (Å²) in [4.78, 5) is 0. The first-order valence-electron chi connectivity index (χ1n) is 5.22. The lowest BCUT2D eigenvalue weighted by Gasteiger charge is -2.20. The second kappa shape index (κ2) is 5.14. The van der Waals surface area contributed by atoms with E-state index in [4.69, 9.17) is 5.41 Å². The minimum atomic E-state index is 0.226. The molecule has 14 heavy (non-hydrogen) atoms. The Hall–Kier alpha value is -0.850. The molecule has 80 valence electrons. The molecule has 1 heteroatoms. The molecule has 0 aromatic heterocycles. The molecule has 0 heterocycles. The van der Waals surface area contributed by atoms with E-state index in [2.05, 4.69) is 40.7 Å². The molecule has 0 radical (unpaired) electrons. The summed E-state index contributed by atoms with van der Waals surface area (Å²) >= 11 is 0. The predicted octanol–water partition coefficient (Wildman–Crippen LogP) is 4.35. The normalized spacial score (nSPS) is 14.4. The zero-order valence-electron chi connectivity index (χ0n) is 10.4. The van der Waals surface area contributed by atoms with Gasteiger partial charge in [-0.1, -0.05) is 39.3 Å². The summed E-state index contributed by atoms with van der Waals surface area (Å²) < 4.78 is 0. The van der Waals surface area contributed by atoms with Crippen LogP contribution in [0.3, 0.4) is 0 Å². The van der Waals surface area contributed by atoms with Crippen molar-refractivity contribution < 1.29 is 0 Å². The fraction of sp³-hybridized carbons (Fsp3) is 0.615. The highest BCUT2D eigenvalue weighted by molar-refractivity contribution is 5.91. The van der Waals surface area contributed by atoms with Crippen molar-refractivity contribution in [2.75, 3.05) is 0 Å². The molecule has 0 saturated carbocycles. The van der Waals surface area contributed by atoms with Gasteiger partial charge in [0.15, 0.2) is 0 Å². The Morgan fingerprint density at radius 2 is 1.64 bits per heavy atom. The van der Waals surface area contributed by atoms with Crippen LogP contribution in [0.4, 0.5) is 0 Å². The number of hydrogen-bond acceptors (Lipinski definition) is 1. The van der Waals surface area contributed by atoms with Crippen molar-refractivity contribution in [2.45, 2.75) is 48.0 Å². The molecule has 0 unspecified atom stereocenters. The van der Waals surface area contributed by atoms with Crippen LogP contribution in [0, 0.1) is 10.8 Å². The number of allylic oxidation sites excluding steroid dienone is 4. The van der Waals surface area contributed by atoms with Crippen LogP contribution in [0.25, 0.3) is 0 Å². The molecule has 0 aromatic carbocycles. The summed E-state index contributed by atoms with van der Waals surface area (Å²) in [5.74, 6) is 0. The van der Waals surface area contributed by atoms with Crippen molar-refractivity contribution in [1.82, 2.24) is 0 Å². The second-order valence-electron chi connectivity index (χ2n) is 4.83. The zero-order valence-corrected chi connectivity index (χ0v) is 10.4. The van der Waals surface area contributed by atoms with Crippen LogP contribution in [0.2, 0.25) is 0 Å². The molecule has 0 saturated heterocycles. The number of hydrogen-bond donors (Lipinski definition) is 1. The summed E-state index contributed by atoms with van der Waals surface area (Å²) in [6.07, 6.45) is 5.14. The fourth-order valence-corrected chi connectivity index (χ4v) is 1.02. The Labute approximate surface area is 88.4 Å². The average Bonchev–Trinajstić information content (AvgIpc) is 2.00. The lowest BCUT2D eigenvalue weighted by Crippen LogP contribution is -2.06. The van der Waals surface area contributed by atoms with Crippen molar-refractivity contribution in [3.05, 3.63) is 23.3 Å². The molecule has 1 nitrogen and oxygen atoms in total. The molecule has 1 N–H and O–H groups in total. The highest BCUT2D eigenvalue weighted by Gasteiger charge is 2.12. The van der Waals surface area contributed by atoms with Gasteiger partial charge in [-0.2, -0.15) is 0 Å². The van der Waals surface area contributed by atoms with Gasteiger partial charge in [-0.05, 0) is 37.3 Å². The molecule has 0 atom stereocenters. The summed E-state index contributed by atoms with van der Waals surface area (Å²) in [5.41, 5.74) is 3.46. The maximum absolute atomic E-state index is 7.42. The van der Waals surface area contributed by atoms with Crippen molar-refractivity contribution >= 4 is 5.71 Å². The number of rotatable bonds is 3. The van der Waals surface area contributed by atoms with Crippen molar-refractivity contribution in [3.8, 4) is 0 Å². The topological polar surface area (TPSA) is 23.9 Å². The van der Waals surface area contributed by atoms with Crippen LogP contribution in [-0.4, -0.2) is 5.71 Å². The highest BCUT2D eigenvalue weighted by atomic mass is 14.4. The van der Waals surface area contributed by atoms with E-state index < -0.39 is 0 Å². The molecule has 0 fully saturated rings. The minimum Gasteiger partial charge on any atom is -0.306 e. The first-order valence-corrected chi connectivity index (χ1v) is 5.22. The van der Waals surface area contributed by atoms with Crippen LogP contribution < -0.4 is 0 Å². The molecule has 0 aliphatic carbocycles. The van der Waals surface area contributed by atoms with E-state index in [1.165, 1.54) is 11.1 Å². The van der Waals surface area contributed by atoms with Crippen molar-refractivity contribution in [2.24, 2.45) is 5.41 Å². The quantitative estimate of drug-likeness (QED) is 0.509. The summed E-state index contributed by atoms with van der Waals surface area (Å²) in [6.45, 7) is 12.7. The molecular weight excluding hydrogens is 170 g/mol. The smallest absolute Gasteiger partial charge is 0.0285 e. The highest BCUT2D eigenvalue weighted by Crippen LogP contribution is 2.26. The Morgan fingerprint density at radius 1 is 1.14 bits per heavy atom. The molecule has 0 bridgehead atoms. The molecule has 0 aliphatic rings. The van der Waals surface area contributed by atoms with Crippen LogP contribution >= 0.6 is 0 Å². The van der Waals surface area contributed by atoms with Crippen LogP contribution in [0.15, 0.2) is 23.3 Å². The van der Waals surface area contributed by atoms with Crippen LogP contribution in [0.5, 0.6) is 0 Å². The van der Waals surface area contributed by atoms with E-state index in [0.717, 1.165) is 6.42 Å². The molecule has 0 amide bonds. The molecule has 0 aliphatic heterocycles. The lowest BCUT2D eigenvalue weighted by atomic mass is 9.86. The zero-order chi connectivity index (χ0) is 11.4. The standard InChI is InChI=1S/C13H23N/c1-7-12(9-11(3)14)8-10(2)13(4,5)6/h8-9,14H,7H2,1-6H3/b10-8+,12-9-,14-11?. The van der Waals surface area contributed by atoms with E-state index >= 15 is 0 Å². The maximum atomic E-state index is 7.42. The third kappa shape index (κ3) is 5.00. The van der Waals surface area contributed by atoms with Gasteiger partial charge in [-0.3, -0.25) is 0 Å². The van der Waals surface area contributed by atoms with Gasteiger partial charge in [0.05, 0.1) is 0 Å². The molecule has 0 rings (SSSR count). The van der Waals surface area contributed by atoms with E-state index in [1.807, 2.05) is 13.0 Å². The van der Waals surface area contributed by atoms with E-state index in [1.54, 1.807) is 0 Å². The molecular formula is C13H23N. The van der Waals surface area contributed by atoms with Gasteiger partial charge in [-0.15, -0.1) is 0 Å². The first-order chi connectivity index (χ1) is 6.27. The maximum Gasteiger partial charge on any atom is 0.0285 e. The molecule has 0 aromatic rings. The third-order valence-corrected chi connectivity index (χ3v) is 2.40. The van der Waals surface area contributed by atoms with Gasteiger partial charge in [0.1, 0.15) is 0 Å². The van der Waals surface area contributed by atoms with Crippen molar-refractivity contribution in [3.63, 3.8) is 0 Å². The SMILES string of the molecule is CCC(=C/C(C)=N)/C=C(\C)C(C)(C)C. The van der Waals surface area contributed by atoms with Gasteiger partial charge in [0, 0.05) is 5.71 Å². The minimum absolute atomic E-state index is 0.226. The molecule has 0 spiro atoms. The Kier molecular flexibility index (Phi) is 4.82. The second-order valence-corrected chi connectivity index (χ2v) is 4.83. The predicted molar refractivity (Wildman–Crippen MR) is 65.0 cm³/mol. The Bertz CT molecular complexity index is 261. The van der Waals surface area contributed by atoms with Gasteiger partial charge in [0.2, 0.25) is 0 Å².